The highest BCUT2D eigenvalue weighted by Crippen LogP contribution is 2.30. The van der Waals surface area contributed by atoms with E-state index < -0.39 is 0 Å². The molecule has 0 bridgehead atoms. The molecule has 0 radical (unpaired) electrons. The number of nitrogen functional groups attached to an aromatic ring is 2. The smallest absolute Gasteiger partial charge is 0.169 e. The van der Waals surface area contributed by atoms with Crippen molar-refractivity contribution in [1.29, 1.82) is 0 Å². The lowest BCUT2D eigenvalue weighted by Crippen LogP contribution is -2.04. The summed E-state index contributed by atoms with van der Waals surface area (Å²) >= 11 is 0. The van der Waals surface area contributed by atoms with Crippen LogP contribution in [-0.2, 0) is 6.54 Å². The second-order valence-electron chi connectivity index (χ2n) is 5.16. The Morgan fingerprint density at radius 2 is 1.62 bits per heavy atom. The Hall–Kier alpha value is -2.75. The number of nitrogens with two attached hydrogens (primary N) is 2. The van der Waals surface area contributed by atoms with Gasteiger partial charge in [0.2, 0.25) is 0 Å². The van der Waals surface area contributed by atoms with Crippen molar-refractivity contribution in [2.75, 3.05) is 11.5 Å². The number of aryl methyl sites for hydroxylation is 1. The summed E-state index contributed by atoms with van der Waals surface area (Å²) < 4.78 is 1.87. The predicted molar refractivity (Wildman–Crippen MR) is 86.8 cm³/mol. The Morgan fingerprint density at radius 3 is 2.29 bits per heavy atom. The highest BCUT2D eigenvalue weighted by atomic mass is 15.3. The van der Waals surface area contributed by atoms with Crippen molar-refractivity contribution >= 4 is 11.5 Å². The van der Waals surface area contributed by atoms with E-state index in [1.54, 1.807) is 0 Å². The lowest BCUT2D eigenvalue weighted by atomic mass is 10.1. The summed E-state index contributed by atoms with van der Waals surface area (Å²) in [5, 5.41) is 4.37. The van der Waals surface area contributed by atoms with Crippen LogP contribution in [0.5, 0.6) is 0 Å². The van der Waals surface area contributed by atoms with Crippen LogP contribution in [0.2, 0.25) is 0 Å². The van der Waals surface area contributed by atoms with Crippen LogP contribution in [0.25, 0.3) is 11.3 Å². The Morgan fingerprint density at radius 1 is 0.952 bits per heavy atom. The van der Waals surface area contributed by atoms with E-state index in [-0.39, 0.29) is 0 Å². The highest BCUT2D eigenvalue weighted by Gasteiger charge is 2.15. The third-order valence-corrected chi connectivity index (χ3v) is 3.52. The molecule has 0 saturated carbocycles. The van der Waals surface area contributed by atoms with Crippen LogP contribution < -0.4 is 11.5 Å². The molecule has 2 aromatic carbocycles. The first-order valence-corrected chi connectivity index (χ1v) is 6.88. The molecule has 4 nitrogen and oxygen atoms in total. The average molecular weight is 278 g/mol. The minimum Gasteiger partial charge on any atom is -0.394 e. The van der Waals surface area contributed by atoms with Crippen molar-refractivity contribution in [3.8, 4) is 11.3 Å². The first kappa shape index (κ1) is 13.2. The molecule has 0 amide bonds. The summed E-state index contributed by atoms with van der Waals surface area (Å²) in [6.07, 6.45) is 0. The van der Waals surface area contributed by atoms with E-state index in [1.165, 1.54) is 5.56 Å². The number of anilines is 2. The zero-order chi connectivity index (χ0) is 14.8. The molecular weight excluding hydrogens is 260 g/mol. The number of hydrogen-bond acceptors (Lipinski definition) is 3. The maximum absolute atomic E-state index is 6.12. The van der Waals surface area contributed by atoms with E-state index in [4.69, 9.17) is 11.5 Å². The second kappa shape index (κ2) is 5.32. The summed E-state index contributed by atoms with van der Waals surface area (Å²) in [7, 11) is 0. The minimum atomic E-state index is 0.376. The predicted octanol–water partition coefficient (Wildman–Crippen LogP) is 3.07. The molecule has 4 heteroatoms. The normalized spacial score (nSPS) is 10.7. The highest BCUT2D eigenvalue weighted by molar-refractivity contribution is 5.80. The van der Waals surface area contributed by atoms with E-state index in [9.17, 15) is 0 Å². The van der Waals surface area contributed by atoms with Gasteiger partial charge in [0, 0.05) is 5.56 Å². The SMILES string of the molecule is Cc1ccc(-c2c(N)c(N)nn2Cc2ccccc2)cc1. The first-order valence-electron chi connectivity index (χ1n) is 6.88. The molecule has 0 saturated heterocycles. The van der Waals surface area contributed by atoms with E-state index >= 15 is 0 Å². The number of aromatic nitrogens is 2. The molecule has 3 rings (SSSR count). The van der Waals surface area contributed by atoms with Crippen LogP contribution in [-0.4, -0.2) is 9.78 Å². The van der Waals surface area contributed by atoms with Crippen LogP contribution in [0.1, 0.15) is 11.1 Å². The summed E-state index contributed by atoms with van der Waals surface area (Å²) in [5.41, 5.74) is 16.8. The Kier molecular flexibility index (Phi) is 3.36. The summed E-state index contributed by atoms with van der Waals surface area (Å²) in [4.78, 5) is 0. The van der Waals surface area contributed by atoms with Crippen molar-refractivity contribution in [3.63, 3.8) is 0 Å². The molecule has 21 heavy (non-hydrogen) atoms. The fourth-order valence-electron chi connectivity index (χ4n) is 2.38. The van der Waals surface area contributed by atoms with Crippen molar-refractivity contribution in [3.05, 3.63) is 65.7 Å². The molecular formula is C17H18N4. The fraction of sp³-hybridized carbons (Fsp3) is 0.118. The zero-order valence-corrected chi connectivity index (χ0v) is 12.0. The van der Waals surface area contributed by atoms with Crippen LogP contribution in [0.4, 0.5) is 11.5 Å². The van der Waals surface area contributed by atoms with Crippen LogP contribution in [0, 0.1) is 6.92 Å². The molecule has 0 fully saturated rings. The largest absolute Gasteiger partial charge is 0.394 e. The lowest BCUT2D eigenvalue weighted by Gasteiger charge is -2.09. The fourth-order valence-corrected chi connectivity index (χ4v) is 2.38. The van der Waals surface area contributed by atoms with Crippen molar-refractivity contribution in [2.24, 2.45) is 0 Å². The number of nitrogens with zero attached hydrogens (tertiary/aromatic N) is 2. The second-order valence-corrected chi connectivity index (χ2v) is 5.16. The van der Waals surface area contributed by atoms with E-state index in [0.717, 1.165) is 16.8 Å². The summed E-state index contributed by atoms with van der Waals surface area (Å²) in [6, 6.07) is 18.4. The monoisotopic (exact) mass is 278 g/mol. The van der Waals surface area contributed by atoms with Gasteiger partial charge in [0.1, 0.15) is 5.69 Å². The third kappa shape index (κ3) is 2.60. The van der Waals surface area contributed by atoms with Gasteiger partial charge in [-0.1, -0.05) is 60.2 Å². The van der Waals surface area contributed by atoms with Gasteiger partial charge >= 0.3 is 0 Å². The van der Waals surface area contributed by atoms with Gasteiger partial charge in [-0.3, -0.25) is 4.68 Å². The molecule has 3 aromatic rings. The average Bonchev–Trinajstić information content (AvgIpc) is 2.76. The van der Waals surface area contributed by atoms with Crippen molar-refractivity contribution in [1.82, 2.24) is 9.78 Å². The standard InChI is InChI=1S/C17H18N4/c1-12-7-9-14(10-8-12)16-15(18)17(19)20-21(16)11-13-5-3-2-4-6-13/h2-10H,11,18H2,1H3,(H2,19,20). The maximum Gasteiger partial charge on any atom is 0.169 e. The number of rotatable bonds is 3. The van der Waals surface area contributed by atoms with E-state index in [1.807, 2.05) is 35.0 Å². The van der Waals surface area contributed by atoms with Crippen molar-refractivity contribution < 1.29 is 0 Å². The molecule has 0 atom stereocenters. The summed E-state index contributed by atoms with van der Waals surface area (Å²) in [6.45, 7) is 2.70. The number of benzene rings is 2. The Labute approximate surface area is 124 Å². The van der Waals surface area contributed by atoms with Crippen LogP contribution >= 0.6 is 0 Å². The zero-order valence-electron chi connectivity index (χ0n) is 12.0. The van der Waals surface area contributed by atoms with Gasteiger partial charge in [-0.2, -0.15) is 5.10 Å². The van der Waals surface area contributed by atoms with Gasteiger partial charge < -0.3 is 11.5 Å². The van der Waals surface area contributed by atoms with Crippen molar-refractivity contribution in [2.45, 2.75) is 13.5 Å². The molecule has 0 spiro atoms. The van der Waals surface area contributed by atoms with Crippen LogP contribution in [0.15, 0.2) is 54.6 Å². The topological polar surface area (TPSA) is 69.9 Å². The minimum absolute atomic E-state index is 0.376. The van der Waals surface area contributed by atoms with E-state index in [0.29, 0.717) is 18.1 Å². The van der Waals surface area contributed by atoms with Gasteiger partial charge in [-0.05, 0) is 12.5 Å². The molecule has 1 heterocycles. The molecule has 0 aliphatic heterocycles. The van der Waals surface area contributed by atoms with Gasteiger partial charge in [0.25, 0.3) is 0 Å². The summed E-state index contributed by atoms with van der Waals surface area (Å²) in [5.74, 6) is 0.376. The number of hydrogen-bond donors (Lipinski definition) is 2. The first-order chi connectivity index (χ1) is 10.1. The Bertz CT molecular complexity index is 742. The molecule has 1 aromatic heterocycles. The third-order valence-electron chi connectivity index (χ3n) is 3.52. The van der Waals surface area contributed by atoms with Gasteiger partial charge in [-0.15, -0.1) is 0 Å². The van der Waals surface area contributed by atoms with Gasteiger partial charge in [0.05, 0.1) is 12.2 Å². The van der Waals surface area contributed by atoms with Gasteiger partial charge in [-0.25, -0.2) is 0 Å². The Balaban J connectivity index is 2.05. The lowest BCUT2D eigenvalue weighted by molar-refractivity contribution is 0.698. The molecule has 106 valence electrons. The quantitative estimate of drug-likeness (QED) is 0.773. The maximum atomic E-state index is 6.12. The van der Waals surface area contributed by atoms with Crippen LogP contribution in [0.3, 0.4) is 0 Å². The molecule has 0 unspecified atom stereocenters. The molecule has 0 aliphatic rings. The molecule has 0 aliphatic carbocycles. The van der Waals surface area contributed by atoms with Gasteiger partial charge in [0.15, 0.2) is 5.82 Å². The molecule has 4 N–H and O–H groups in total. The van der Waals surface area contributed by atoms with E-state index in [2.05, 4.69) is 36.3 Å².